The molecule has 1 fully saturated rings. The van der Waals surface area contributed by atoms with Gasteiger partial charge in [0, 0.05) is 28.0 Å². The maximum Gasteiger partial charge on any atom is 0.352 e. The van der Waals surface area contributed by atoms with Gasteiger partial charge >= 0.3 is 5.97 Å². The Kier molecular flexibility index (Phi) is 5.66. The van der Waals surface area contributed by atoms with Crippen molar-refractivity contribution in [2.75, 3.05) is 6.54 Å². The number of halogens is 1. The van der Waals surface area contributed by atoms with Crippen molar-refractivity contribution in [3.05, 3.63) is 33.9 Å². The van der Waals surface area contributed by atoms with Crippen LogP contribution in [0.5, 0.6) is 0 Å². The molecule has 1 aliphatic carbocycles. The molecular formula is C20H21BrN4O4. The predicted molar refractivity (Wildman–Crippen MR) is 109 cm³/mol. The topological polar surface area (TPSA) is 138 Å². The van der Waals surface area contributed by atoms with Crippen molar-refractivity contribution in [3.8, 4) is 6.07 Å². The molecule has 1 saturated carbocycles. The third kappa shape index (κ3) is 3.27. The molecule has 8 nitrogen and oxygen atoms in total. The molecule has 2 amide bonds. The maximum absolute atomic E-state index is 12.9. The number of nitrogens with one attached hydrogen (secondary N) is 1. The quantitative estimate of drug-likeness (QED) is 0.586. The first-order chi connectivity index (χ1) is 13.8. The van der Waals surface area contributed by atoms with E-state index in [1.807, 2.05) is 6.07 Å². The summed E-state index contributed by atoms with van der Waals surface area (Å²) in [7, 11) is 1.62. The van der Waals surface area contributed by atoms with Crippen LogP contribution < -0.4 is 11.1 Å². The van der Waals surface area contributed by atoms with E-state index < -0.39 is 29.1 Å². The van der Waals surface area contributed by atoms with E-state index in [0.717, 1.165) is 4.47 Å². The SMILES string of the molecule is Cn1c(C(=O)O)c([C@]2(C(N)=O)CCCC[C@H]2C(=O)NCC#N)c2ccc(Br)cc21. The number of carbonyl (C=O) groups excluding carboxylic acids is 2. The molecule has 0 bridgehead atoms. The molecule has 4 N–H and O–H groups in total. The van der Waals surface area contributed by atoms with E-state index in [4.69, 9.17) is 11.0 Å². The number of carboxylic acid groups (broad SMARTS) is 1. The van der Waals surface area contributed by atoms with E-state index in [1.165, 1.54) is 4.57 Å². The molecule has 2 atom stereocenters. The first-order valence-electron chi connectivity index (χ1n) is 9.22. The summed E-state index contributed by atoms with van der Waals surface area (Å²) >= 11 is 3.39. The maximum atomic E-state index is 12.9. The average Bonchev–Trinajstić information content (AvgIpc) is 2.98. The highest BCUT2D eigenvalue weighted by molar-refractivity contribution is 9.10. The zero-order chi connectivity index (χ0) is 21.3. The lowest BCUT2D eigenvalue weighted by Crippen LogP contribution is -2.54. The van der Waals surface area contributed by atoms with Crippen LogP contribution in [0.1, 0.15) is 41.7 Å². The third-order valence-electron chi connectivity index (χ3n) is 5.82. The molecule has 1 aliphatic rings. The Morgan fingerprint density at radius 2 is 2.14 bits per heavy atom. The standard InChI is InChI=1S/C20H21BrN4O4/c1-25-14-10-11(21)5-6-12(14)15(16(25)18(27)28)20(19(23)29)7-3-2-4-13(20)17(26)24-9-8-22/h5-6,10,13H,2-4,7,9H2,1H3,(H2,23,29)(H,24,26)(H,27,28)/t13-,20-/m0/s1. The molecule has 0 spiro atoms. The van der Waals surface area contributed by atoms with E-state index >= 15 is 0 Å². The van der Waals surface area contributed by atoms with Gasteiger partial charge in [-0.05, 0) is 25.0 Å². The molecule has 0 aliphatic heterocycles. The number of carboxylic acids is 1. The molecule has 0 saturated heterocycles. The lowest BCUT2D eigenvalue weighted by Gasteiger charge is -2.41. The van der Waals surface area contributed by atoms with Gasteiger partial charge in [-0.15, -0.1) is 0 Å². The molecule has 0 radical (unpaired) electrons. The van der Waals surface area contributed by atoms with Crippen molar-refractivity contribution in [2.24, 2.45) is 18.7 Å². The number of nitrogens with zero attached hydrogens (tertiary/aromatic N) is 2. The van der Waals surface area contributed by atoms with Gasteiger partial charge in [-0.2, -0.15) is 5.26 Å². The summed E-state index contributed by atoms with van der Waals surface area (Å²) in [5.74, 6) is -3.24. The Morgan fingerprint density at radius 1 is 1.41 bits per heavy atom. The van der Waals surface area contributed by atoms with Gasteiger partial charge < -0.3 is 20.7 Å². The predicted octanol–water partition coefficient (Wildman–Crippen LogP) is 2.19. The van der Waals surface area contributed by atoms with Crippen molar-refractivity contribution in [3.63, 3.8) is 0 Å². The van der Waals surface area contributed by atoms with E-state index in [9.17, 15) is 19.5 Å². The van der Waals surface area contributed by atoms with E-state index in [0.29, 0.717) is 30.2 Å². The molecule has 1 aromatic heterocycles. The summed E-state index contributed by atoms with van der Waals surface area (Å²) in [6.45, 7) is -0.196. The summed E-state index contributed by atoms with van der Waals surface area (Å²) < 4.78 is 2.27. The fraction of sp³-hybridized carbons (Fsp3) is 0.400. The van der Waals surface area contributed by atoms with Crippen LogP contribution in [0.3, 0.4) is 0 Å². The average molecular weight is 461 g/mol. The second-order valence-electron chi connectivity index (χ2n) is 7.26. The number of hydrogen-bond acceptors (Lipinski definition) is 4. The van der Waals surface area contributed by atoms with Gasteiger partial charge in [0.2, 0.25) is 11.8 Å². The van der Waals surface area contributed by atoms with Gasteiger partial charge in [0.05, 0.1) is 17.4 Å². The molecule has 1 aromatic carbocycles. The number of aromatic nitrogens is 1. The minimum atomic E-state index is -1.47. The van der Waals surface area contributed by atoms with Crippen LogP contribution in [0.15, 0.2) is 22.7 Å². The van der Waals surface area contributed by atoms with Crippen LogP contribution in [-0.2, 0) is 22.1 Å². The summed E-state index contributed by atoms with van der Waals surface area (Å²) in [4.78, 5) is 38.0. The van der Waals surface area contributed by atoms with Crippen LogP contribution in [-0.4, -0.2) is 34.0 Å². The highest BCUT2D eigenvalue weighted by atomic mass is 79.9. The zero-order valence-corrected chi connectivity index (χ0v) is 17.5. The first-order valence-corrected chi connectivity index (χ1v) is 10.0. The number of nitrogens with two attached hydrogens (primary N) is 1. The van der Waals surface area contributed by atoms with Crippen molar-refractivity contribution < 1.29 is 19.5 Å². The number of benzene rings is 1. The minimum absolute atomic E-state index is 0.0584. The smallest absolute Gasteiger partial charge is 0.352 e. The van der Waals surface area contributed by atoms with Crippen molar-refractivity contribution in [1.29, 1.82) is 5.26 Å². The summed E-state index contributed by atoms with van der Waals surface area (Å²) in [6.07, 6.45) is 1.99. The van der Waals surface area contributed by atoms with Gasteiger partial charge in [0.25, 0.3) is 0 Å². The summed E-state index contributed by atoms with van der Waals surface area (Å²) in [6, 6.07) is 7.13. The molecule has 3 rings (SSSR count). The number of nitriles is 1. The fourth-order valence-electron chi connectivity index (χ4n) is 4.61. The van der Waals surface area contributed by atoms with Crippen LogP contribution in [0, 0.1) is 17.2 Å². The molecule has 2 aromatic rings. The second-order valence-corrected chi connectivity index (χ2v) is 8.17. The summed E-state index contributed by atoms with van der Waals surface area (Å²) in [5, 5.41) is 21.9. The fourth-order valence-corrected chi connectivity index (χ4v) is 4.96. The minimum Gasteiger partial charge on any atom is -0.477 e. The van der Waals surface area contributed by atoms with Crippen LogP contribution >= 0.6 is 15.9 Å². The lowest BCUT2D eigenvalue weighted by molar-refractivity contribution is -0.137. The molecule has 0 unspecified atom stereocenters. The van der Waals surface area contributed by atoms with Crippen LogP contribution in [0.2, 0.25) is 0 Å². The molecule has 9 heteroatoms. The Bertz CT molecular complexity index is 1050. The van der Waals surface area contributed by atoms with E-state index in [2.05, 4.69) is 21.2 Å². The van der Waals surface area contributed by atoms with Gasteiger partial charge in [-0.3, -0.25) is 9.59 Å². The van der Waals surface area contributed by atoms with Crippen LogP contribution in [0.25, 0.3) is 10.9 Å². The van der Waals surface area contributed by atoms with Crippen molar-refractivity contribution >= 4 is 44.6 Å². The van der Waals surface area contributed by atoms with Crippen molar-refractivity contribution in [1.82, 2.24) is 9.88 Å². The molecule has 152 valence electrons. The Labute approximate surface area is 175 Å². The number of rotatable bonds is 5. The number of fused-ring (bicyclic) bond motifs is 1. The Morgan fingerprint density at radius 3 is 2.76 bits per heavy atom. The second kappa shape index (κ2) is 7.87. The third-order valence-corrected chi connectivity index (χ3v) is 6.31. The zero-order valence-electron chi connectivity index (χ0n) is 15.9. The number of carbonyl (C=O) groups is 3. The molecule has 29 heavy (non-hydrogen) atoms. The van der Waals surface area contributed by atoms with Crippen LogP contribution in [0.4, 0.5) is 0 Å². The van der Waals surface area contributed by atoms with Gasteiger partial charge in [0.15, 0.2) is 0 Å². The lowest BCUT2D eigenvalue weighted by atomic mass is 9.61. The van der Waals surface area contributed by atoms with Gasteiger partial charge in [-0.25, -0.2) is 4.79 Å². The van der Waals surface area contributed by atoms with Crippen molar-refractivity contribution in [2.45, 2.75) is 31.1 Å². The largest absolute Gasteiger partial charge is 0.477 e. The molecular weight excluding hydrogens is 440 g/mol. The highest BCUT2D eigenvalue weighted by Gasteiger charge is 2.53. The normalized spacial score (nSPS) is 21.5. The van der Waals surface area contributed by atoms with E-state index in [-0.39, 0.29) is 24.2 Å². The Balaban J connectivity index is 2.36. The highest BCUT2D eigenvalue weighted by Crippen LogP contribution is 2.48. The number of aromatic carboxylic acids is 1. The first kappa shape index (κ1) is 20.9. The Hall–Kier alpha value is -2.86. The van der Waals surface area contributed by atoms with Gasteiger partial charge in [-0.1, -0.05) is 34.8 Å². The number of amides is 2. The summed E-state index contributed by atoms with van der Waals surface area (Å²) in [5.41, 5.74) is 5.26. The van der Waals surface area contributed by atoms with E-state index in [1.54, 1.807) is 25.2 Å². The number of hydrogen-bond donors (Lipinski definition) is 3. The molecule has 1 heterocycles. The number of aryl methyl sites for hydroxylation is 1. The van der Waals surface area contributed by atoms with Gasteiger partial charge in [0.1, 0.15) is 12.2 Å². The monoisotopic (exact) mass is 460 g/mol. The number of primary amides is 1.